The molecule has 5 rings (SSSR count). The largest absolute Gasteiger partial charge is 0.394 e. The van der Waals surface area contributed by atoms with Gasteiger partial charge in [0.25, 0.3) is 5.91 Å². The smallest absolute Gasteiger partial charge is 0.251 e. The number of carbonyl (C=O) groups is 3. The van der Waals surface area contributed by atoms with Crippen LogP contribution in [0.2, 0.25) is 5.02 Å². The van der Waals surface area contributed by atoms with Gasteiger partial charge in [-0.25, -0.2) is 0 Å². The zero-order chi connectivity index (χ0) is 24.9. The van der Waals surface area contributed by atoms with Gasteiger partial charge in [-0.3, -0.25) is 14.4 Å². The highest BCUT2D eigenvalue weighted by molar-refractivity contribution is 8.02. The van der Waals surface area contributed by atoms with Gasteiger partial charge in [-0.2, -0.15) is 0 Å². The quantitative estimate of drug-likeness (QED) is 0.610. The van der Waals surface area contributed by atoms with Crippen molar-refractivity contribution in [2.45, 2.75) is 42.3 Å². The molecule has 35 heavy (non-hydrogen) atoms. The Bertz CT molecular complexity index is 1090. The molecule has 9 heteroatoms. The van der Waals surface area contributed by atoms with Crippen molar-refractivity contribution in [3.05, 3.63) is 53.6 Å². The minimum absolute atomic E-state index is 0.0264. The highest BCUT2D eigenvalue weighted by atomic mass is 35.5. The molecule has 1 aromatic carbocycles. The van der Waals surface area contributed by atoms with Gasteiger partial charge < -0.3 is 19.8 Å². The molecule has 0 aliphatic carbocycles. The first-order valence-electron chi connectivity index (χ1n) is 12.1. The van der Waals surface area contributed by atoms with Crippen LogP contribution in [0.4, 0.5) is 5.69 Å². The summed E-state index contributed by atoms with van der Waals surface area (Å²) in [5, 5.41) is 10.4. The molecule has 0 aromatic heterocycles. The number of amides is 3. The zero-order valence-electron chi connectivity index (χ0n) is 19.8. The van der Waals surface area contributed by atoms with Crippen LogP contribution in [0.15, 0.2) is 48.6 Å². The lowest BCUT2D eigenvalue weighted by molar-refractivity contribution is -0.144. The van der Waals surface area contributed by atoms with Crippen molar-refractivity contribution >= 4 is 46.8 Å². The molecule has 1 aromatic rings. The molecule has 186 valence electrons. The maximum atomic E-state index is 14.2. The summed E-state index contributed by atoms with van der Waals surface area (Å²) in [6, 6.07) is 5.68. The molecule has 4 heterocycles. The van der Waals surface area contributed by atoms with E-state index in [1.807, 2.05) is 36.1 Å². The van der Waals surface area contributed by atoms with Crippen molar-refractivity contribution in [1.29, 1.82) is 0 Å². The number of rotatable bonds is 5. The Balaban J connectivity index is 1.61. The first-order chi connectivity index (χ1) is 16.8. The average Bonchev–Trinajstić information content (AvgIpc) is 3.17. The monoisotopic (exact) mass is 515 g/mol. The number of aliphatic hydroxyl groups excluding tert-OH is 1. The van der Waals surface area contributed by atoms with E-state index in [1.165, 1.54) is 0 Å². The highest BCUT2D eigenvalue weighted by Gasteiger charge is 2.71. The van der Waals surface area contributed by atoms with E-state index >= 15 is 0 Å². The van der Waals surface area contributed by atoms with Crippen LogP contribution in [0.1, 0.15) is 20.3 Å². The number of nitrogens with zero attached hydrogens (tertiary/aromatic N) is 3. The van der Waals surface area contributed by atoms with E-state index in [0.717, 1.165) is 6.42 Å². The van der Waals surface area contributed by atoms with Crippen LogP contribution in [0.25, 0.3) is 0 Å². The predicted molar refractivity (Wildman–Crippen MR) is 137 cm³/mol. The number of hydrogen-bond donors (Lipinski definition) is 1. The zero-order valence-corrected chi connectivity index (χ0v) is 21.4. The summed E-state index contributed by atoms with van der Waals surface area (Å²) in [7, 11) is 0. The van der Waals surface area contributed by atoms with E-state index in [0.29, 0.717) is 30.3 Å². The van der Waals surface area contributed by atoms with Gasteiger partial charge in [-0.05, 0) is 37.6 Å². The second-order valence-electron chi connectivity index (χ2n) is 9.66. The summed E-state index contributed by atoms with van der Waals surface area (Å²) < 4.78 is -0.886. The number of benzene rings is 1. The second kappa shape index (κ2) is 9.30. The number of likely N-dealkylation sites (tertiary alicyclic amines) is 1. The van der Waals surface area contributed by atoms with E-state index < -0.39 is 28.7 Å². The van der Waals surface area contributed by atoms with Gasteiger partial charge >= 0.3 is 0 Å². The molecule has 0 bridgehead atoms. The molecule has 7 nitrogen and oxygen atoms in total. The van der Waals surface area contributed by atoms with Crippen molar-refractivity contribution in [1.82, 2.24) is 9.80 Å². The molecule has 6 atom stereocenters. The first-order valence-corrected chi connectivity index (χ1v) is 13.4. The summed E-state index contributed by atoms with van der Waals surface area (Å²) >= 11 is 7.62. The fourth-order valence-corrected chi connectivity index (χ4v) is 8.13. The third-order valence-corrected chi connectivity index (χ3v) is 9.55. The number of halogens is 1. The molecule has 1 spiro atoms. The van der Waals surface area contributed by atoms with E-state index in [-0.39, 0.29) is 29.6 Å². The minimum atomic E-state index is -0.886. The van der Waals surface area contributed by atoms with Gasteiger partial charge in [-0.1, -0.05) is 42.8 Å². The number of thioether (sulfide) groups is 1. The Hall–Kier alpha value is -2.29. The van der Waals surface area contributed by atoms with Crippen LogP contribution in [-0.4, -0.2) is 80.9 Å². The third kappa shape index (κ3) is 3.72. The molecule has 4 aliphatic rings. The molecule has 4 aliphatic heterocycles. The van der Waals surface area contributed by atoms with E-state index in [4.69, 9.17) is 11.6 Å². The van der Waals surface area contributed by atoms with Gasteiger partial charge in [0.1, 0.15) is 6.04 Å². The van der Waals surface area contributed by atoms with Crippen LogP contribution in [0, 0.1) is 11.8 Å². The van der Waals surface area contributed by atoms with Gasteiger partial charge in [-0.15, -0.1) is 11.8 Å². The summed E-state index contributed by atoms with van der Waals surface area (Å²) in [5.41, 5.74) is 0.691. The summed E-state index contributed by atoms with van der Waals surface area (Å²) in [6.07, 6.45) is 8.82. The summed E-state index contributed by atoms with van der Waals surface area (Å²) in [6.45, 7) is 5.03. The predicted octanol–water partition coefficient (Wildman–Crippen LogP) is 2.73. The molecule has 0 saturated carbocycles. The molecular weight excluding hydrogens is 486 g/mol. The Morgan fingerprint density at radius 2 is 1.86 bits per heavy atom. The lowest BCUT2D eigenvalue weighted by Gasteiger charge is -2.37. The van der Waals surface area contributed by atoms with Crippen molar-refractivity contribution in [3.63, 3.8) is 0 Å². The number of carbonyl (C=O) groups excluding carboxylic acids is 3. The minimum Gasteiger partial charge on any atom is -0.394 e. The SMILES string of the molecule is CCCN1CC=C[C@@H]2S[C@]34C=CCN(c5ccc(Cl)cc5)C(=O)C3N([C@H](C)CO)C(=O)[C@@H]4[C@@H]2C1=O. The fraction of sp³-hybridized carbons (Fsp3) is 0.500. The van der Waals surface area contributed by atoms with Crippen LogP contribution in [0.3, 0.4) is 0 Å². The standard InChI is InChI=1S/C26H30ClN3O4S/c1-3-12-28-13-4-6-19-20(23(28)32)21-24(33)30(16(2)15-31)22-25(34)29(14-5-11-26(21,22)35-19)18-9-7-17(27)8-10-18/h4-11,16,19-22,31H,3,12-15H2,1-2H3/t16-,19+,20-,21+,22?,26+/m1/s1. The van der Waals surface area contributed by atoms with Crippen LogP contribution in [-0.2, 0) is 14.4 Å². The lowest BCUT2D eigenvalue weighted by atomic mass is 9.78. The molecule has 1 unspecified atom stereocenters. The Labute approximate surface area is 214 Å². The molecule has 1 N–H and O–H groups in total. The average molecular weight is 516 g/mol. The number of fused-ring (bicyclic) bond motifs is 2. The van der Waals surface area contributed by atoms with Crippen molar-refractivity contribution in [2.75, 3.05) is 31.1 Å². The van der Waals surface area contributed by atoms with E-state index in [1.54, 1.807) is 52.8 Å². The van der Waals surface area contributed by atoms with Gasteiger partial charge in [0.2, 0.25) is 11.8 Å². The Morgan fingerprint density at radius 3 is 2.54 bits per heavy atom. The van der Waals surface area contributed by atoms with Gasteiger partial charge in [0, 0.05) is 35.6 Å². The highest BCUT2D eigenvalue weighted by Crippen LogP contribution is 2.61. The van der Waals surface area contributed by atoms with Gasteiger partial charge in [0.05, 0.1) is 29.2 Å². The Kier molecular flexibility index (Phi) is 6.48. The summed E-state index contributed by atoms with van der Waals surface area (Å²) in [4.78, 5) is 47.0. The topological polar surface area (TPSA) is 81.2 Å². The maximum Gasteiger partial charge on any atom is 0.251 e. The third-order valence-electron chi connectivity index (χ3n) is 7.55. The van der Waals surface area contributed by atoms with E-state index in [9.17, 15) is 19.5 Å². The molecule has 2 saturated heterocycles. The number of aliphatic hydroxyl groups is 1. The maximum absolute atomic E-state index is 14.2. The number of anilines is 1. The lowest BCUT2D eigenvalue weighted by Crippen LogP contribution is -2.56. The summed E-state index contributed by atoms with van der Waals surface area (Å²) in [5.74, 6) is -1.68. The molecule has 3 amide bonds. The second-order valence-corrected chi connectivity index (χ2v) is 11.6. The van der Waals surface area contributed by atoms with Gasteiger partial charge in [0.15, 0.2) is 0 Å². The van der Waals surface area contributed by atoms with Crippen LogP contribution >= 0.6 is 23.4 Å². The molecule has 2 fully saturated rings. The van der Waals surface area contributed by atoms with Crippen molar-refractivity contribution < 1.29 is 19.5 Å². The molecular formula is C26H30ClN3O4S. The van der Waals surface area contributed by atoms with E-state index in [2.05, 4.69) is 0 Å². The number of hydrogen-bond acceptors (Lipinski definition) is 5. The molecule has 0 radical (unpaired) electrons. The Morgan fingerprint density at radius 1 is 1.11 bits per heavy atom. The van der Waals surface area contributed by atoms with Crippen molar-refractivity contribution in [2.24, 2.45) is 11.8 Å². The fourth-order valence-electron chi connectivity index (χ4n) is 6.01. The first kappa shape index (κ1) is 24.4. The normalized spacial score (nSPS) is 32.9. The van der Waals surface area contributed by atoms with Crippen LogP contribution in [0.5, 0.6) is 0 Å². The van der Waals surface area contributed by atoms with Crippen LogP contribution < -0.4 is 4.90 Å². The van der Waals surface area contributed by atoms with Crippen molar-refractivity contribution in [3.8, 4) is 0 Å².